The van der Waals surface area contributed by atoms with Gasteiger partial charge in [-0.1, -0.05) is 0 Å². The highest BCUT2D eigenvalue weighted by atomic mass is 32.2. The van der Waals surface area contributed by atoms with Crippen LogP contribution in [0, 0.1) is 5.82 Å². The van der Waals surface area contributed by atoms with Crippen molar-refractivity contribution in [1.82, 2.24) is 14.8 Å². The Labute approximate surface area is 120 Å². The van der Waals surface area contributed by atoms with Crippen LogP contribution in [-0.4, -0.2) is 14.8 Å². The third-order valence-corrected chi connectivity index (χ3v) is 4.77. The van der Waals surface area contributed by atoms with E-state index in [9.17, 15) is 4.39 Å². The molecule has 0 bridgehead atoms. The number of rotatable bonds is 4. The van der Waals surface area contributed by atoms with E-state index in [-0.39, 0.29) is 5.82 Å². The average Bonchev–Trinajstić information content (AvgIpc) is 3.31. The first kappa shape index (κ1) is 12.2. The van der Waals surface area contributed by atoms with Gasteiger partial charge in [0.25, 0.3) is 0 Å². The summed E-state index contributed by atoms with van der Waals surface area (Å²) in [7, 11) is 0. The quantitative estimate of drug-likeness (QED) is 0.877. The maximum atomic E-state index is 13.1. The normalized spacial score (nSPS) is 18.4. The Morgan fingerprint density at radius 1 is 1.20 bits per heavy atom. The van der Waals surface area contributed by atoms with E-state index in [1.807, 2.05) is 0 Å². The molecule has 104 valence electrons. The van der Waals surface area contributed by atoms with Gasteiger partial charge in [0.2, 0.25) is 0 Å². The number of nitrogen functional groups attached to an aromatic ring is 1. The van der Waals surface area contributed by atoms with Crippen LogP contribution in [0.2, 0.25) is 0 Å². The second kappa shape index (κ2) is 4.48. The number of anilines is 1. The Hall–Kier alpha value is -1.56. The fourth-order valence-corrected chi connectivity index (χ4v) is 3.30. The zero-order chi connectivity index (χ0) is 13.7. The molecule has 2 saturated carbocycles. The minimum Gasteiger partial charge on any atom is -0.398 e. The highest BCUT2D eigenvalue weighted by Gasteiger charge is 2.36. The van der Waals surface area contributed by atoms with Crippen LogP contribution in [0.4, 0.5) is 10.1 Å². The van der Waals surface area contributed by atoms with E-state index in [2.05, 4.69) is 14.8 Å². The van der Waals surface area contributed by atoms with Crippen molar-refractivity contribution in [1.29, 1.82) is 0 Å². The van der Waals surface area contributed by atoms with Crippen molar-refractivity contribution in [2.24, 2.45) is 0 Å². The molecule has 1 heterocycles. The predicted molar refractivity (Wildman–Crippen MR) is 75.2 cm³/mol. The van der Waals surface area contributed by atoms with Crippen LogP contribution in [0.3, 0.4) is 0 Å². The van der Waals surface area contributed by atoms with Gasteiger partial charge in [0.15, 0.2) is 5.16 Å². The molecule has 2 aliphatic rings. The molecule has 2 aliphatic carbocycles. The van der Waals surface area contributed by atoms with Gasteiger partial charge in [-0.3, -0.25) is 0 Å². The van der Waals surface area contributed by atoms with E-state index in [0.29, 0.717) is 17.6 Å². The monoisotopic (exact) mass is 290 g/mol. The number of nitrogens with two attached hydrogens (primary N) is 1. The van der Waals surface area contributed by atoms with Crippen LogP contribution < -0.4 is 5.73 Å². The van der Waals surface area contributed by atoms with Crippen LogP contribution in [-0.2, 0) is 0 Å². The Morgan fingerprint density at radius 3 is 2.65 bits per heavy atom. The second-order valence-electron chi connectivity index (χ2n) is 5.50. The van der Waals surface area contributed by atoms with Crippen molar-refractivity contribution in [2.75, 3.05) is 5.73 Å². The molecule has 4 rings (SSSR count). The molecule has 0 atom stereocenters. The molecular weight excluding hydrogens is 275 g/mol. The topological polar surface area (TPSA) is 56.7 Å². The molecule has 2 aromatic rings. The summed E-state index contributed by atoms with van der Waals surface area (Å²) in [6.45, 7) is 0. The zero-order valence-electron chi connectivity index (χ0n) is 10.9. The van der Waals surface area contributed by atoms with Gasteiger partial charge in [0.05, 0.1) is 0 Å². The Bertz CT molecular complexity index is 661. The highest BCUT2D eigenvalue weighted by molar-refractivity contribution is 7.99. The molecule has 0 aliphatic heterocycles. The lowest BCUT2D eigenvalue weighted by molar-refractivity contribution is 0.625. The summed E-state index contributed by atoms with van der Waals surface area (Å²) >= 11 is 1.48. The van der Waals surface area contributed by atoms with Crippen molar-refractivity contribution in [3.63, 3.8) is 0 Å². The molecule has 0 radical (unpaired) electrons. The first-order valence-electron chi connectivity index (χ1n) is 6.90. The summed E-state index contributed by atoms with van der Waals surface area (Å²) in [6, 6.07) is 5.03. The number of benzene rings is 1. The summed E-state index contributed by atoms with van der Waals surface area (Å²) in [6.07, 6.45) is 4.83. The van der Waals surface area contributed by atoms with Crippen molar-refractivity contribution in [3.8, 4) is 0 Å². The van der Waals surface area contributed by atoms with E-state index in [0.717, 1.165) is 15.9 Å². The van der Waals surface area contributed by atoms with Crippen LogP contribution in [0.25, 0.3) is 0 Å². The molecule has 4 nitrogen and oxygen atoms in total. The maximum absolute atomic E-state index is 13.1. The molecule has 2 N–H and O–H groups in total. The Morgan fingerprint density at radius 2 is 2.00 bits per heavy atom. The van der Waals surface area contributed by atoms with Crippen LogP contribution in [0.15, 0.2) is 28.3 Å². The summed E-state index contributed by atoms with van der Waals surface area (Å²) in [5.74, 6) is 1.40. The van der Waals surface area contributed by atoms with Gasteiger partial charge in [-0.05, 0) is 55.6 Å². The molecule has 0 unspecified atom stereocenters. The van der Waals surface area contributed by atoms with Crippen LogP contribution in [0.5, 0.6) is 0 Å². The summed E-state index contributed by atoms with van der Waals surface area (Å²) < 4.78 is 15.4. The summed E-state index contributed by atoms with van der Waals surface area (Å²) in [4.78, 5) is 0.836. The van der Waals surface area contributed by atoms with Crippen LogP contribution in [0.1, 0.15) is 43.5 Å². The van der Waals surface area contributed by atoms with Crippen molar-refractivity contribution < 1.29 is 4.39 Å². The minimum absolute atomic E-state index is 0.311. The smallest absolute Gasteiger partial charge is 0.196 e. The van der Waals surface area contributed by atoms with E-state index in [1.54, 1.807) is 6.07 Å². The van der Waals surface area contributed by atoms with Gasteiger partial charge in [-0.15, -0.1) is 10.2 Å². The predicted octanol–water partition coefficient (Wildman–Crippen LogP) is 3.36. The number of aromatic nitrogens is 3. The lowest BCUT2D eigenvalue weighted by atomic mass is 10.3. The first-order valence-corrected chi connectivity index (χ1v) is 7.71. The fraction of sp³-hybridized carbons (Fsp3) is 0.429. The molecule has 0 saturated heterocycles. The summed E-state index contributed by atoms with van der Waals surface area (Å²) in [5.41, 5.74) is 6.32. The molecule has 0 amide bonds. The van der Waals surface area contributed by atoms with E-state index in [1.165, 1.54) is 49.6 Å². The standard InChI is InChI=1S/C14H15FN4S/c15-9-3-6-12(11(16)7-9)20-14-18-17-13(8-1-2-8)19(14)10-4-5-10/h3,6-8,10H,1-2,4-5,16H2. The van der Waals surface area contributed by atoms with Crippen molar-refractivity contribution >= 4 is 17.4 Å². The number of hydrogen-bond donors (Lipinski definition) is 1. The lowest BCUT2D eigenvalue weighted by Gasteiger charge is -2.09. The average molecular weight is 290 g/mol. The molecule has 1 aromatic carbocycles. The van der Waals surface area contributed by atoms with Gasteiger partial charge < -0.3 is 10.3 Å². The SMILES string of the molecule is Nc1cc(F)ccc1Sc1nnc(C2CC2)n1C1CC1. The fourth-order valence-electron chi connectivity index (χ4n) is 2.36. The molecular formula is C14H15FN4S. The third-order valence-electron chi connectivity index (χ3n) is 3.72. The van der Waals surface area contributed by atoms with Crippen molar-refractivity contribution in [3.05, 3.63) is 29.8 Å². The molecule has 1 aromatic heterocycles. The van der Waals surface area contributed by atoms with Gasteiger partial charge in [-0.25, -0.2) is 4.39 Å². The Balaban J connectivity index is 1.68. The minimum atomic E-state index is -0.311. The third kappa shape index (κ3) is 2.18. The van der Waals surface area contributed by atoms with Gasteiger partial charge in [0, 0.05) is 22.5 Å². The van der Waals surface area contributed by atoms with E-state index >= 15 is 0 Å². The van der Waals surface area contributed by atoms with Gasteiger partial charge in [-0.2, -0.15) is 0 Å². The summed E-state index contributed by atoms with van der Waals surface area (Å²) in [5, 5.41) is 9.57. The van der Waals surface area contributed by atoms with E-state index < -0.39 is 0 Å². The first-order chi connectivity index (χ1) is 9.72. The number of nitrogens with zero attached hydrogens (tertiary/aromatic N) is 3. The Kier molecular flexibility index (Phi) is 2.73. The molecule has 6 heteroatoms. The zero-order valence-corrected chi connectivity index (χ0v) is 11.7. The van der Waals surface area contributed by atoms with Crippen molar-refractivity contribution in [2.45, 2.75) is 47.7 Å². The molecule has 2 fully saturated rings. The second-order valence-corrected chi connectivity index (χ2v) is 6.51. The van der Waals surface area contributed by atoms with Gasteiger partial charge in [0.1, 0.15) is 11.6 Å². The van der Waals surface area contributed by atoms with Gasteiger partial charge >= 0.3 is 0 Å². The highest BCUT2D eigenvalue weighted by Crippen LogP contribution is 2.47. The molecule has 20 heavy (non-hydrogen) atoms. The van der Waals surface area contributed by atoms with E-state index in [4.69, 9.17) is 5.73 Å². The number of halogens is 1. The maximum Gasteiger partial charge on any atom is 0.196 e. The lowest BCUT2D eigenvalue weighted by Crippen LogP contribution is -2.02. The van der Waals surface area contributed by atoms with Crippen LogP contribution >= 0.6 is 11.8 Å². The largest absolute Gasteiger partial charge is 0.398 e. The molecule has 0 spiro atoms. The number of hydrogen-bond acceptors (Lipinski definition) is 4.